The molecule has 0 spiro atoms. The standard InChI is InChI=1S/C15H17F3N2O3/c1-19-6-7-22-13-9-20(8-11(13)19)14(21)10-4-2-3-5-12(10)23-15(16,17)18/h2-5,11,13H,6-9H2,1H3/t11-,13+/m0/s1. The lowest BCUT2D eigenvalue weighted by Crippen LogP contribution is -2.48. The summed E-state index contributed by atoms with van der Waals surface area (Å²) in [7, 11) is 1.95. The van der Waals surface area contributed by atoms with Crippen LogP contribution in [0.1, 0.15) is 10.4 Å². The number of ether oxygens (including phenoxy) is 2. The zero-order valence-electron chi connectivity index (χ0n) is 12.5. The smallest absolute Gasteiger partial charge is 0.405 e. The highest BCUT2D eigenvalue weighted by molar-refractivity contribution is 5.97. The number of amides is 1. The van der Waals surface area contributed by atoms with Gasteiger partial charge in [-0.15, -0.1) is 13.2 Å². The topological polar surface area (TPSA) is 42.0 Å². The Hall–Kier alpha value is -1.80. The summed E-state index contributed by atoms with van der Waals surface area (Å²) in [6.45, 7) is 2.17. The molecule has 2 aliphatic rings. The van der Waals surface area contributed by atoms with Crippen LogP contribution in [0.25, 0.3) is 0 Å². The van der Waals surface area contributed by atoms with E-state index >= 15 is 0 Å². The van der Waals surface area contributed by atoms with Crippen molar-refractivity contribution in [2.45, 2.75) is 18.5 Å². The highest BCUT2D eigenvalue weighted by atomic mass is 19.4. The van der Waals surface area contributed by atoms with Crippen LogP contribution < -0.4 is 4.74 Å². The quantitative estimate of drug-likeness (QED) is 0.828. The number of benzene rings is 1. The SMILES string of the molecule is CN1CCO[C@@H]2CN(C(=O)c3ccccc3OC(F)(F)F)C[C@@H]21. The molecule has 2 saturated heterocycles. The summed E-state index contributed by atoms with van der Waals surface area (Å²) in [4.78, 5) is 16.2. The van der Waals surface area contributed by atoms with Crippen molar-refractivity contribution < 1.29 is 27.4 Å². The van der Waals surface area contributed by atoms with Gasteiger partial charge in [0.1, 0.15) is 5.75 Å². The van der Waals surface area contributed by atoms with E-state index in [-0.39, 0.29) is 17.7 Å². The highest BCUT2D eigenvalue weighted by Crippen LogP contribution is 2.29. The summed E-state index contributed by atoms with van der Waals surface area (Å²) in [6.07, 6.45) is -4.94. The van der Waals surface area contributed by atoms with Gasteiger partial charge in [-0.3, -0.25) is 9.69 Å². The average Bonchev–Trinajstić information content (AvgIpc) is 2.91. The van der Waals surface area contributed by atoms with Crippen molar-refractivity contribution >= 4 is 5.91 Å². The number of fused-ring (bicyclic) bond motifs is 1. The predicted octanol–water partition coefficient (Wildman–Crippen LogP) is 1.74. The van der Waals surface area contributed by atoms with E-state index in [1.54, 1.807) is 0 Å². The molecular weight excluding hydrogens is 313 g/mol. The third kappa shape index (κ3) is 3.42. The van der Waals surface area contributed by atoms with E-state index in [2.05, 4.69) is 9.64 Å². The number of para-hydroxylation sites is 1. The summed E-state index contributed by atoms with van der Waals surface area (Å²) in [5.74, 6) is -0.953. The van der Waals surface area contributed by atoms with Gasteiger partial charge in [0.05, 0.1) is 24.3 Å². The van der Waals surface area contributed by atoms with E-state index in [9.17, 15) is 18.0 Å². The van der Waals surface area contributed by atoms with Crippen molar-refractivity contribution in [3.05, 3.63) is 29.8 Å². The summed E-state index contributed by atoms with van der Waals surface area (Å²) < 4.78 is 47.1. The van der Waals surface area contributed by atoms with Gasteiger partial charge in [0.2, 0.25) is 0 Å². The largest absolute Gasteiger partial charge is 0.573 e. The number of likely N-dealkylation sites (N-methyl/N-ethyl adjacent to an activating group) is 1. The van der Waals surface area contributed by atoms with Gasteiger partial charge >= 0.3 is 6.36 Å². The molecule has 0 radical (unpaired) electrons. The molecule has 8 heteroatoms. The molecule has 5 nitrogen and oxygen atoms in total. The number of likely N-dealkylation sites (tertiary alicyclic amines) is 1. The average molecular weight is 330 g/mol. The van der Waals surface area contributed by atoms with Crippen molar-refractivity contribution in [3.8, 4) is 5.75 Å². The van der Waals surface area contributed by atoms with Crippen molar-refractivity contribution in [1.82, 2.24) is 9.80 Å². The molecule has 0 saturated carbocycles. The normalized spacial score (nSPS) is 25.3. The maximum Gasteiger partial charge on any atom is 0.573 e. The first-order valence-corrected chi connectivity index (χ1v) is 7.31. The van der Waals surface area contributed by atoms with E-state index in [1.165, 1.54) is 23.1 Å². The lowest BCUT2D eigenvalue weighted by molar-refractivity contribution is -0.274. The van der Waals surface area contributed by atoms with E-state index < -0.39 is 18.0 Å². The summed E-state index contributed by atoms with van der Waals surface area (Å²) in [5, 5.41) is 0. The number of carbonyl (C=O) groups is 1. The van der Waals surface area contributed by atoms with Gasteiger partial charge in [-0.25, -0.2) is 0 Å². The lowest BCUT2D eigenvalue weighted by atomic mass is 10.1. The van der Waals surface area contributed by atoms with Crippen LogP contribution >= 0.6 is 0 Å². The second-order valence-electron chi connectivity index (χ2n) is 5.71. The first-order chi connectivity index (χ1) is 10.8. The molecule has 3 rings (SSSR count). The van der Waals surface area contributed by atoms with E-state index in [0.29, 0.717) is 19.7 Å². The Kier molecular flexibility index (Phi) is 4.20. The second-order valence-corrected chi connectivity index (χ2v) is 5.71. The minimum absolute atomic E-state index is 0.0726. The maximum absolute atomic E-state index is 12.6. The van der Waals surface area contributed by atoms with Crippen LogP contribution in [0.3, 0.4) is 0 Å². The Morgan fingerprint density at radius 3 is 2.74 bits per heavy atom. The van der Waals surface area contributed by atoms with Gasteiger partial charge in [-0.05, 0) is 19.2 Å². The number of nitrogens with zero attached hydrogens (tertiary/aromatic N) is 2. The van der Waals surface area contributed by atoms with Crippen LogP contribution in [-0.2, 0) is 4.74 Å². The molecule has 23 heavy (non-hydrogen) atoms. The van der Waals surface area contributed by atoms with Gasteiger partial charge < -0.3 is 14.4 Å². The molecule has 1 aromatic rings. The summed E-state index contributed by atoms with van der Waals surface area (Å²) in [5.41, 5.74) is -0.0916. The zero-order valence-corrected chi connectivity index (χ0v) is 12.5. The molecule has 126 valence electrons. The molecule has 2 fully saturated rings. The maximum atomic E-state index is 12.6. The van der Waals surface area contributed by atoms with E-state index in [0.717, 1.165) is 12.6 Å². The Balaban J connectivity index is 1.79. The van der Waals surface area contributed by atoms with Gasteiger partial charge in [0, 0.05) is 19.6 Å². The van der Waals surface area contributed by atoms with Crippen LogP contribution in [-0.4, -0.2) is 67.5 Å². The Morgan fingerprint density at radius 1 is 1.30 bits per heavy atom. The van der Waals surface area contributed by atoms with Crippen molar-refractivity contribution in [2.75, 3.05) is 33.3 Å². The monoisotopic (exact) mass is 330 g/mol. The minimum Gasteiger partial charge on any atom is -0.405 e. The Bertz CT molecular complexity index is 594. The van der Waals surface area contributed by atoms with Gasteiger partial charge in [0.25, 0.3) is 5.91 Å². The molecule has 2 aliphatic heterocycles. The third-order valence-electron chi connectivity index (χ3n) is 4.21. The molecule has 2 atom stereocenters. The number of morpholine rings is 1. The fourth-order valence-corrected chi connectivity index (χ4v) is 3.05. The molecule has 1 aromatic carbocycles. The number of halogens is 3. The summed E-state index contributed by atoms with van der Waals surface area (Å²) in [6, 6.07) is 5.48. The number of alkyl halides is 3. The molecule has 0 aliphatic carbocycles. The fraction of sp³-hybridized carbons (Fsp3) is 0.533. The van der Waals surface area contributed by atoms with Crippen LogP contribution in [0.2, 0.25) is 0 Å². The highest BCUT2D eigenvalue weighted by Gasteiger charge is 2.41. The number of carbonyl (C=O) groups excluding carboxylic acids is 1. The molecule has 0 aromatic heterocycles. The Morgan fingerprint density at radius 2 is 2.04 bits per heavy atom. The van der Waals surface area contributed by atoms with Crippen LogP contribution in [0, 0.1) is 0 Å². The van der Waals surface area contributed by atoms with Crippen molar-refractivity contribution in [1.29, 1.82) is 0 Å². The van der Waals surface area contributed by atoms with Crippen LogP contribution in [0.5, 0.6) is 5.75 Å². The summed E-state index contributed by atoms with van der Waals surface area (Å²) >= 11 is 0. The lowest BCUT2D eigenvalue weighted by Gasteiger charge is -2.33. The van der Waals surface area contributed by atoms with Gasteiger partial charge in [0.15, 0.2) is 0 Å². The molecular formula is C15H17F3N2O3. The molecule has 2 heterocycles. The first-order valence-electron chi connectivity index (χ1n) is 7.31. The molecule has 0 N–H and O–H groups in total. The number of rotatable bonds is 2. The second kappa shape index (κ2) is 6.01. The zero-order chi connectivity index (χ0) is 16.6. The van der Waals surface area contributed by atoms with Gasteiger partial charge in [-0.2, -0.15) is 0 Å². The van der Waals surface area contributed by atoms with Gasteiger partial charge in [-0.1, -0.05) is 12.1 Å². The van der Waals surface area contributed by atoms with E-state index in [1.807, 2.05) is 7.05 Å². The molecule has 1 amide bonds. The third-order valence-corrected chi connectivity index (χ3v) is 4.21. The van der Waals surface area contributed by atoms with Crippen molar-refractivity contribution in [3.63, 3.8) is 0 Å². The number of hydrogen-bond donors (Lipinski definition) is 0. The minimum atomic E-state index is -4.83. The van der Waals surface area contributed by atoms with Crippen LogP contribution in [0.4, 0.5) is 13.2 Å². The fourth-order valence-electron chi connectivity index (χ4n) is 3.05. The first kappa shape index (κ1) is 16.1. The molecule has 0 bridgehead atoms. The van der Waals surface area contributed by atoms with E-state index in [4.69, 9.17) is 4.74 Å². The van der Waals surface area contributed by atoms with Crippen LogP contribution in [0.15, 0.2) is 24.3 Å². The Labute approximate surface area is 131 Å². The van der Waals surface area contributed by atoms with Crippen molar-refractivity contribution in [2.24, 2.45) is 0 Å². The molecule has 0 unspecified atom stereocenters. The predicted molar refractivity (Wildman–Crippen MR) is 75.2 cm³/mol. The number of hydrogen-bond acceptors (Lipinski definition) is 4.